The fourth-order valence-corrected chi connectivity index (χ4v) is 1.76. The van der Waals surface area contributed by atoms with Crippen molar-refractivity contribution in [2.24, 2.45) is 0 Å². The molecule has 0 aliphatic heterocycles. The number of halogens is 3. The van der Waals surface area contributed by atoms with Crippen LogP contribution in [0.3, 0.4) is 0 Å². The fraction of sp³-hybridized carbons (Fsp3) is 0.286. The van der Waals surface area contributed by atoms with Crippen LogP contribution in [0.15, 0.2) is 42.9 Å². The zero-order valence-electron chi connectivity index (χ0n) is 10.9. The van der Waals surface area contributed by atoms with Crippen LogP contribution in [-0.2, 0) is 12.7 Å². The van der Waals surface area contributed by atoms with Gasteiger partial charge in [-0.15, -0.1) is 0 Å². The SMILES string of the molecule is CC(NCc1ccncn1)c1ccc(C(F)(F)F)cc1. The monoisotopic (exact) mass is 281 g/mol. The van der Waals surface area contributed by atoms with Crippen molar-refractivity contribution in [2.75, 3.05) is 0 Å². The number of nitrogens with zero attached hydrogens (tertiary/aromatic N) is 2. The molecule has 0 amide bonds. The van der Waals surface area contributed by atoms with Crippen LogP contribution in [0, 0.1) is 0 Å². The van der Waals surface area contributed by atoms with Crippen LogP contribution in [0.5, 0.6) is 0 Å². The van der Waals surface area contributed by atoms with Crippen LogP contribution >= 0.6 is 0 Å². The van der Waals surface area contributed by atoms with E-state index >= 15 is 0 Å². The molecule has 1 heterocycles. The molecule has 3 nitrogen and oxygen atoms in total. The predicted molar refractivity (Wildman–Crippen MR) is 68.7 cm³/mol. The predicted octanol–water partition coefficient (Wildman–Crippen LogP) is 3.35. The molecule has 2 aromatic rings. The van der Waals surface area contributed by atoms with Crippen molar-refractivity contribution < 1.29 is 13.2 Å². The van der Waals surface area contributed by atoms with Gasteiger partial charge in [-0.1, -0.05) is 12.1 Å². The molecule has 0 fully saturated rings. The first kappa shape index (κ1) is 14.5. The second-order valence-electron chi connectivity index (χ2n) is 4.42. The highest BCUT2D eigenvalue weighted by atomic mass is 19.4. The molecule has 0 spiro atoms. The van der Waals surface area contributed by atoms with Crippen LogP contribution in [0.1, 0.15) is 29.8 Å². The summed E-state index contributed by atoms with van der Waals surface area (Å²) in [4.78, 5) is 7.89. The average Bonchev–Trinajstić information content (AvgIpc) is 2.45. The summed E-state index contributed by atoms with van der Waals surface area (Å²) in [6.45, 7) is 2.43. The van der Waals surface area contributed by atoms with Gasteiger partial charge in [0.2, 0.25) is 0 Å². The molecule has 1 aromatic carbocycles. The molecule has 6 heteroatoms. The van der Waals surface area contributed by atoms with Gasteiger partial charge in [0, 0.05) is 18.8 Å². The Labute approximate surface area is 114 Å². The molecule has 0 bridgehead atoms. The van der Waals surface area contributed by atoms with E-state index in [1.54, 1.807) is 12.3 Å². The summed E-state index contributed by atoms with van der Waals surface area (Å²) in [5.74, 6) is 0. The van der Waals surface area contributed by atoms with Gasteiger partial charge in [0.1, 0.15) is 6.33 Å². The highest BCUT2D eigenvalue weighted by molar-refractivity contribution is 5.26. The maximum absolute atomic E-state index is 12.5. The van der Waals surface area contributed by atoms with Crippen LogP contribution in [0.25, 0.3) is 0 Å². The van der Waals surface area contributed by atoms with Gasteiger partial charge in [-0.3, -0.25) is 0 Å². The zero-order valence-corrected chi connectivity index (χ0v) is 10.9. The van der Waals surface area contributed by atoms with Crippen molar-refractivity contribution >= 4 is 0 Å². The molecule has 106 valence electrons. The Morgan fingerprint density at radius 1 is 1.15 bits per heavy atom. The lowest BCUT2D eigenvalue weighted by molar-refractivity contribution is -0.137. The third kappa shape index (κ3) is 3.77. The summed E-state index contributed by atoms with van der Waals surface area (Å²) in [7, 11) is 0. The Hall–Kier alpha value is -1.95. The summed E-state index contributed by atoms with van der Waals surface area (Å²) in [5.41, 5.74) is 0.995. The molecule has 1 unspecified atom stereocenters. The van der Waals surface area contributed by atoms with E-state index in [2.05, 4.69) is 15.3 Å². The average molecular weight is 281 g/mol. The summed E-state index contributed by atoms with van der Waals surface area (Å²) >= 11 is 0. The summed E-state index contributed by atoms with van der Waals surface area (Å²) in [5, 5.41) is 3.20. The first-order chi connectivity index (χ1) is 9.47. The van der Waals surface area contributed by atoms with E-state index in [1.165, 1.54) is 18.5 Å². The van der Waals surface area contributed by atoms with Crippen molar-refractivity contribution in [3.63, 3.8) is 0 Å². The second-order valence-corrected chi connectivity index (χ2v) is 4.42. The lowest BCUT2D eigenvalue weighted by Gasteiger charge is -2.15. The van der Waals surface area contributed by atoms with Gasteiger partial charge in [0.25, 0.3) is 0 Å². The summed E-state index contributed by atoms with van der Waals surface area (Å²) < 4.78 is 37.4. The first-order valence-corrected chi connectivity index (χ1v) is 6.12. The maximum atomic E-state index is 12.5. The highest BCUT2D eigenvalue weighted by Crippen LogP contribution is 2.29. The van der Waals surface area contributed by atoms with Crippen LogP contribution in [0.2, 0.25) is 0 Å². The van der Waals surface area contributed by atoms with Crippen molar-refractivity contribution in [3.8, 4) is 0 Å². The Bertz CT molecular complexity index is 538. The van der Waals surface area contributed by atoms with E-state index in [4.69, 9.17) is 0 Å². The van der Waals surface area contributed by atoms with Gasteiger partial charge in [0.15, 0.2) is 0 Å². The summed E-state index contributed by atoms with van der Waals surface area (Å²) in [6.07, 6.45) is -1.19. The van der Waals surface area contributed by atoms with E-state index < -0.39 is 11.7 Å². The fourth-order valence-electron chi connectivity index (χ4n) is 1.76. The maximum Gasteiger partial charge on any atom is 0.416 e. The third-order valence-electron chi connectivity index (χ3n) is 2.97. The molecule has 2 rings (SSSR count). The largest absolute Gasteiger partial charge is 0.416 e. The third-order valence-corrected chi connectivity index (χ3v) is 2.97. The molecule has 0 saturated heterocycles. The lowest BCUT2D eigenvalue weighted by Crippen LogP contribution is -2.19. The van der Waals surface area contributed by atoms with E-state index in [-0.39, 0.29) is 6.04 Å². The Morgan fingerprint density at radius 3 is 2.40 bits per heavy atom. The van der Waals surface area contributed by atoms with Crippen molar-refractivity contribution in [1.82, 2.24) is 15.3 Å². The van der Waals surface area contributed by atoms with Gasteiger partial charge in [-0.05, 0) is 30.7 Å². The first-order valence-electron chi connectivity index (χ1n) is 6.12. The molecule has 1 atom stereocenters. The molecule has 0 aliphatic rings. The second kappa shape index (κ2) is 6.00. The molecule has 1 N–H and O–H groups in total. The molecular weight excluding hydrogens is 267 g/mol. The van der Waals surface area contributed by atoms with Crippen LogP contribution in [0.4, 0.5) is 13.2 Å². The van der Waals surface area contributed by atoms with Crippen LogP contribution in [-0.4, -0.2) is 9.97 Å². The number of alkyl halides is 3. The minimum absolute atomic E-state index is 0.0627. The Balaban J connectivity index is 1.97. The lowest BCUT2D eigenvalue weighted by atomic mass is 10.1. The molecule has 0 aliphatic carbocycles. The standard InChI is InChI=1S/C14H14F3N3/c1-10(19-8-13-6-7-18-9-20-13)11-2-4-12(5-3-11)14(15,16)17/h2-7,9-10,19H,8H2,1H3. The number of aromatic nitrogens is 2. The zero-order chi connectivity index (χ0) is 14.6. The molecular formula is C14H14F3N3. The number of benzene rings is 1. The van der Waals surface area contributed by atoms with Gasteiger partial charge in [0.05, 0.1) is 11.3 Å². The summed E-state index contributed by atoms with van der Waals surface area (Å²) in [6, 6.07) is 6.89. The van der Waals surface area contributed by atoms with Crippen molar-refractivity contribution in [2.45, 2.75) is 25.7 Å². The number of hydrogen-bond acceptors (Lipinski definition) is 3. The van der Waals surface area contributed by atoms with Gasteiger partial charge in [-0.25, -0.2) is 9.97 Å². The quantitative estimate of drug-likeness (QED) is 0.934. The van der Waals surface area contributed by atoms with Gasteiger partial charge >= 0.3 is 6.18 Å². The van der Waals surface area contributed by atoms with Crippen molar-refractivity contribution in [1.29, 1.82) is 0 Å². The highest BCUT2D eigenvalue weighted by Gasteiger charge is 2.30. The van der Waals surface area contributed by atoms with E-state index in [0.717, 1.165) is 23.4 Å². The van der Waals surface area contributed by atoms with Crippen LogP contribution < -0.4 is 5.32 Å². The Morgan fingerprint density at radius 2 is 1.85 bits per heavy atom. The molecule has 20 heavy (non-hydrogen) atoms. The van der Waals surface area contributed by atoms with E-state index in [9.17, 15) is 13.2 Å². The molecule has 0 saturated carbocycles. The number of rotatable bonds is 4. The smallest absolute Gasteiger partial charge is 0.305 e. The van der Waals surface area contributed by atoms with E-state index in [1.807, 2.05) is 6.92 Å². The minimum atomic E-state index is -4.30. The van der Waals surface area contributed by atoms with Crippen molar-refractivity contribution in [3.05, 3.63) is 59.7 Å². The van der Waals surface area contributed by atoms with Gasteiger partial charge in [-0.2, -0.15) is 13.2 Å². The number of hydrogen-bond donors (Lipinski definition) is 1. The minimum Gasteiger partial charge on any atom is -0.305 e. The normalized spacial score (nSPS) is 13.2. The Kier molecular flexibility index (Phi) is 4.34. The molecule has 0 radical (unpaired) electrons. The topological polar surface area (TPSA) is 37.8 Å². The molecule has 1 aromatic heterocycles. The number of nitrogens with one attached hydrogen (secondary N) is 1. The van der Waals surface area contributed by atoms with Gasteiger partial charge < -0.3 is 5.32 Å². The van der Waals surface area contributed by atoms with E-state index in [0.29, 0.717) is 6.54 Å².